The van der Waals surface area contributed by atoms with E-state index in [1.807, 2.05) is 25.1 Å². The number of sulfonamides is 1. The predicted octanol–water partition coefficient (Wildman–Crippen LogP) is 5.06. The standard InChI is InChI=1S/C41H55ClN4O7S/c1-28-7-5-16-41(52-4,26-45-19-17-44(18-20-45)24-38(47)51-3)35-12-9-32(35)23-46-25-40(15-6-8-30-21-33(42)11-13-34(30)40)27-53-37-14-10-31(22-36(37)46)39(48)43-54(49,50)29(28)2/h5,10-11,13-14,16,21-22,28-29,32,35H,6-9,12,15,17-20,23-27H2,1-4H3,(H,43,48)/b16-5-/t28-,29+,32-,35+,40-,41+/m0/s1. The highest BCUT2D eigenvalue weighted by Crippen LogP contribution is 2.49. The first kappa shape index (κ1) is 39.1. The van der Waals surface area contributed by atoms with Crippen LogP contribution in [0.4, 0.5) is 5.69 Å². The maximum atomic E-state index is 13.6. The third kappa shape index (κ3) is 7.78. The van der Waals surface area contributed by atoms with Crippen molar-refractivity contribution in [2.24, 2.45) is 17.8 Å². The number of hydrogen-bond donors (Lipinski definition) is 1. The topological polar surface area (TPSA) is 118 Å². The van der Waals surface area contributed by atoms with Crippen LogP contribution in [0, 0.1) is 17.8 Å². The lowest BCUT2D eigenvalue weighted by Gasteiger charge is -2.52. The van der Waals surface area contributed by atoms with Crippen LogP contribution < -0.4 is 14.4 Å². The van der Waals surface area contributed by atoms with Gasteiger partial charge >= 0.3 is 5.97 Å². The minimum atomic E-state index is -3.98. The quantitative estimate of drug-likeness (QED) is 0.326. The molecule has 294 valence electrons. The van der Waals surface area contributed by atoms with Gasteiger partial charge in [-0.05, 0) is 105 Å². The van der Waals surface area contributed by atoms with Crippen LogP contribution in [0.15, 0.2) is 48.6 Å². The van der Waals surface area contributed by atoms with E-state index in [2.05, 4.69) is 43.7 Å². The van der Waals surface area contributed by atoms with Gasteiger partial charge in [0.15, 0.2) is 0 Å². The molecule has 3 heterocycles. The fraction of sp³-hybridized carbons (Fsp3) is 0.610. The highest BCUT2D eigenvalue weighted by atomic mass is 35.5. The number of hydrogen-bond acceptors (Lipinski definition) is 10. The van der Waals surface area contributed by atoms with E-state index < -0.39 is 26.8 Å². The Morgan fingerprint density at radius 3 is 2.56 bits per heavy atom. The second-order valence-electron chi connectivity index (χ2n) is 16.3. The molecular weight excluding hydrogens is 728 g/mol. The zero-order valence-electron chi connectivity index (χ0n) is 32.0. The van der Waals surface area contributed by atoms with Crippen molar-refractivity contribution in [3.63, 3.8) is 0 Å². The van der Waals surface area contributed by atoms with Crippen LogP contribution in [0.5, 0.6) is 5.75 Å². The minimum absolute atomic E-state index is 0.198. The number of ether oxygens (including phenoxy) is 3. The number of carbonyl (C=O) groups excluding carboxylic acids is 2. The Morgan fingerprint density at radius 2 is 1.83 bits per heavy atom. The summed E-state index contributed by atoms with van der Waals surface area (Å²) >= 11 is 6.49. The van der Waals surface area contributed by atoms with E-state index >= 15 is 0 Å². The van der Waals surface area contributed by atoms with E-state index in [0.717, 1.165) is 75.5 Å². The number of rotatable bonds is 5. The van der Waals surface area contributed by atoms with Crippen molar-refractivity contribution in [1.82, 2.24) is 14.5 Å². The van der Waals surface area contributed by atoms with Crippen molar-refractivity contribution < 1.29 is 32.2 Å². The molecule has 2 bridgehead atoms. The molecule has 0 unspecified atom stereocenters. The van der Waals surface area contributed by atoms with Crippen molar-refractivity contribution in [2.45, 2.75) is 68.6 Å². The molecule has 2 aromatic carbocycles. The van der Waals surface area contributed by atoms with Crippen LogP contribution >= 0.6 is 11.6 Å². The fourth-order valence-electron chi connectivity index (χ4n) is 9.51. The molecule has 11 nitrogen and oxygen atoms in total. The van der Waals surface area contributed by atoms with Gasteiger partial charge in [0.25, 0.3) is 5.91 Å². The Morgan fingerprint density at radius 1 is 1.06 bits per heavy atom. The molecule has 1 N–H and O–H groups in total. The van der Waals surface area contributed by atoms with Gasteiger partial charge in [-0.15, -0.1) is 0 Å². The van der Waals surface area contributed by atoms with Gasteiger partial charge in [0, 0.05) is 68.9 Å². The number of piperazine rings is 1. The zero-order chi connectivity index (χ0) is 38.3. The first-order chi connectivity index (χ1) is 25.8. The monoisotopic (exact) mass is 782 g/mol. The molecule has 0 radical (unpaired) electrons. The summed E-state index contributed by atoms with van der Waals surface area (Å²) in [7, 11) is -0.758. The van der Waals surface area contributed by atoms with Gasteiger partial charge in [0.1, 0.15) is 11.4 Å². The van der Waals surface area contributed by atoms with E-state index in [-0.39, 0.29) is 41.2 Å². The van der Waals surface area contributed by atoms with Gasteiger partial charge in [0.05, 0.1) is 31.2 Å². The molecule has 1 amide bonds. The summed E-state index contributed by atoms with van der Waals surface area (Å²) in [5, 5.41) is -0.0789. The lowest BCUT2D eigenvalue weighted by Crippen LogP contribution is -2.59. The molecule has 1 saturated carbocycles. The highest BCUT2D eigenvalue weighted by molar-refractivity contribution is 7.90. The van der Waals surface area contributed by atoms with Crippen molar-refractivity contribution in [1.29, 1.82) is 0 Å². The maximum absolute atomic E-state index is 13.6. The van der Waals surface area contributed by atoms with Crippen molar-refractivity contribution >= 4 is 39.2 Å². The predicted molar refractivity (Wildman–Crippen MR) is 210 cm³/mol. The molecule has 7 rings (SSSR count). The minimum Gasteiger partial charge on any atom is -0.490 e. The first-order valence-electron chi connectivity index (χ1n) is 19.5. The second kappa shape index (κ2) is 15.8. The van der Waals surface area contributed by atoms with E-state index in [9.17, 15) is 18.0 Å². The highest BCUT2D eigenvalue weighted by Gasteiger charge is 2.50. The molecule has 1 saturated heterocycles. The summed E-state index contributed by atoms with van der Waals surface area (Å²) in [5.41, 5.74) is 2.69. The average molecular weight is 783 g/mol. The number of halogens is 1. The number of anilines is 1. The molecule has 5 aliphatic rings. The normalized spacial score (nSPS) is 32.2. The van der Waals surface area contributed by atoms with E-state index in [1.165, 1.54) is 18.2 Å². The fourth-order valence-corrected chi connectivity index (χ4v) is 11.0. The summed E-state index contributed by atoms with van der Waals surface area (Å²) in [5.74, 6) is 0.0527. The van der Waals surface area contributed by atoms with Gasteiger partial charge in [-0.3, -0.25) is 19.4 Å². The summed E-state index contributed by atoms with van der Waals surface area (Å²) in [6.07, 6.45) is 9.77. The van der Waals surface area contributed by atoms with E-state index in [0.29, 0.717) is 31.9 Å². The number of benzene rings is 2. The molecule has 2 aliphatic carbocycles. The Bertz CT molecular complexity index is 1870. The molecule has 2 aromatic rings. The van der Waals surface area contributed by atoms with E-state index in [4.69, 9.17) is 25.8 Å². The number of methoxy groups -OCH3 is 2. The zero-order valence-corrected chi connectivity index (χ0v) is 33.6. The molecular formula is C41H55ClN4O7S. The molecule has 3 aliphatic heterocycles. The molecule has 0 aromatic heterocycles. The van der Waals surface area contributed by atoms with Crippen LogP contribution in [-0.4, -0.2) is 114 Å². The summed E-state index contributed by atoms with van der Waals surface area (Å²) in [6.45, 7) is 9.56. The maximum Gasteiger partial charge on any atom is 0.319 e. The number of esters is 1. The van der Waals surface area contributed by atoms with Gasteiger partial charge < -0.3 is 19.1 Å². The Labute approximate surface area is 325 Å². The van der Waals surface area contributed by atoms with Crippen LogP contribution in [0.3, 0.4) is 0 Å². The lowest BCUT2D eigenvalue weighted by atomic mass is 9.63. The first-order valence-corrected chi connectivity index (χ1v) is 21.4. The largest absolute Gasteiger partial charge is 0.490 e. The van der Waals surface area contributed by atoms with Crippen molar-refractivity contribution in [3.8, 4) is 5.75 Å². The summed E-state index contributed by atoms with van der Waals surface area (Å²) in [6, 6.07) is 11.5. The number of amides is 1. The van der Waals surface area contributed by atoms with Crippen LogP contribution in [0.2, 0.25) is 5.02 Å². The van der Waals surface area contributed by atoms with Crippen molar-refractivity contribution in [3.05, 3.63) is 70.3 Å². The number of aryl methyl sites for hydroxylation is 1. The van der Waals surface area contributed by atoms with Gasteiger partial charge in [-0.2, -0.15) is 0 Å². The molecule has 13 heteroatoms. The Hall–Kier alpha value is -3.16. The summed E-state index contributed by atoms with van der Waals surface area (Å²) < 4.78 is 47.8. The van der Waals surface area contributed by atoms with Gasteiger partial charge in [0.2, 0.25) is 10.0 Å². The van der Waals surface area contributed by atoms with Crippen LogP contribution in [0.25, 0.3) is 0 Å². The molecule has 6 atom stereocenters. The Balaban J connectivity index is 1.26. The summed E-state index contributed by atoms with van der Waals surface area (Å²) in [4.78, 5) is 32.6. The number of carbonyl (C=O) groups is 2. The number of allylic oxidation sites excluding steroid dienone is 1. The van der Waals surface area contributed by atoms with Gasteiger partial charge in [-0.25, -0.2) is 13.1 Å². The number of fused-ring (bicyclic) bond motifs is 4. The molecule has 1 spiro atoms. The SMILES string of the molecule is COC(=O)CN1CCN(C[C@]2(OC)/C=C\C[C@H](C)[C@@H](C)S(=O)(=O)NC(=O)c3ccc4c(c3)N(C[C@@H]3CC[C@H]32)C[C@@]2(CCCc3cc(Cl)ccc32)CO4)CC1. The average Bonchev–Trinajstić information content (AvgIpc) is 3.29. The van der Waals surface area contributed by atoms with Crippen molar-refractivity contribution in [2.75, 3.05) is 78.1 Å². The van der Waals surface area contributed by atoms with Crippen LogP contribution in [0.1, 0.15) is 67.4 Å². The number of nitrogens with zero attached hydrogens (tertiary/aromatic N) is 3. The molecule has 54 heavy (non-hydrogen) atoms. The van der Waals surface area contributed by atoms with Crippen LogP contribution in [-0.2, 0) is 36.1 Å². The third-order valence-corrected chi connectivity index (χ3v) is 15.3. The number of nitrogens with one attached hydrogen (secondary N) is 1. The van der Waals surface area contributed by atoms with E-state index in [1.54, 1.807) is 20.1 Å². The Kier molecular flexibility index (Phi) is 11.4. The third-order valence-electron chi connectivity index (χ3n) is 13.1. The second-order valence-corrected chi connectivity index (χ2v) is 18.8. The molecule has 2 fully saturated rings. The smallest absolute Gasteiger partial charge is 0.319 e. The lowest BCUT2D eigenvalue weighted by molar-refractivity contribution is -0.142. The van der Waals surface area contributed by atoms with Gasteiger partial charge in [-0.1, -0.05) is 36.7 Å².